The average molecular weight is 319 g/mol. The molecule has 0 bridgehead atoms. The summed E-state index contributed by atoms with van der Waals surface area (Å²) >= 11 is 7.61. The summed E-state index contributed by atoms with van der Waals surface area (Å²) in [5.74, 6) is 0.257. The molecule has 1 aromatic heterocycles. The lowest BCUT2D eigenvalue weighted by Gasteiger charge is -2.02. The van der Waals surface area contributed by atoms with E-state index in [9.17, 15) is 4.79 Å². The number of amides is 1. The largest absolute Gasteiger partial charge is 0.298 e. The van der Waals surface area contributed by atoms with E-state index in [2.05, 4.69) is 24.1 Å². The van der Waals surface area contributed by atoms with Crippen molar-refractivity contribution in [3.05, 3.63) is 51.0 Å². The van der Waals surface area contributed by atoms with Gasteiger partial charge in [0.15, 0.2) is 5.13 Å². The molecule has 0 spiro atoms. The Balaban J connectivity index is 1.75. The molecule has 5 heteroatoms. The molecule has 1 aromatic carbocycles. The first-order chi connectivity index (χ1) is 10.0. The second kappa shape index (κ2) is 5.62. The Kier molecular flexibility index (Phi) is 3.83. The van der Waals surface area contributed by atoms with Crippen LogP contribution in [0.3, 0.4) is 0 Å². The molecule has 108 valence electrons. The first-order valence-corrected chi connectivity index (χ1v) is 8.05. The molecule has 3 rings (SSSR count). The van der Waals surface area contributed by atoms with E-state index in [1.807, 2.05) is 29.7 Å². The molecule has 1 amide bonds. The lowest BCUT2D eigenvalue weighted by molar-refractivity contribution is -0.112. The first kappa shape index (κ1) is 14.3. The van der Waals surface area contributed by atoms with Gasteiger partial charge in [0, 0.05) is 22.4 Å². The van der Waals surface area contributed by atoms with E-state index in [-0.39, 0.29) is 5.91 Å². The first-order valence-electron chi connectivity index (χ1n) is 6.79. The summed E-state index contributed by atoms with van der Waals surface area (Å²) < 4.78 is 0. The van der Waals surface area contributed by atoms with Crippen LogP contribution in [0.4, 0.5) is 5.13 Å². The fourth-order valence-electron chi connectivity index (χ4n) is 2.26. The number of hydrogen-bond acceptors (Lipinski definition) is 3. The lowest BCUT2D eigenvalue weighted by Crippen LogP contribution is -2.14. The number of anilines is 1. The highest BCUT2D eigenvalue weighted by atomic mass is 35.5. The molecule has 0 radical (unpaired) electrons. The second-order valence-electron chi connectivity index (χ2n) is 5.35. The van der Waals surface area contributed by atoms with Gasteiger partial charge in [0.25, 0.3) is 5.91 Å². The van der Waals surface area contributed by atoms with Gasteiger partial charge < -0.3 is 0 Å². The van der Waals surface area contributed by atoms with Crippen molar-refractivity contribution in [2.75, 3.05) is 5.32 Å². The molecule has 2 aromatic rings. The molecule has 0 aliphatic heterocycles. The number of nitrogens with zero attached hydrogens (tertiary/aromatic N) is 1. The van der Waals surface area contributed by atoms with Crippen molar-refractivity contribution >= 4 is 40.1 Å². The number of aromatic nitrogens is 1. The number of rotatable bonds is 3. The van der Waals surface area contributed by atoms with E-state index in [0.717, 1.165) is 22.4 Å². The molecule has 0 atom stereocenters. The average Bonchev–Trinajstić information content (AvgIpc) is 3.05. The van der Waals surface area contributed by atoms with Crippen LogP contribution in [0.2, 0.25) is 5.02 Å². The minimum Gasteiger partial charge on any atom is -0.298 e. The van der Waals surface area contributed by atoms with Crippen molar-refractivity contribution in [1.29, 1.82) is 0 Å². The van der Waals surface area contributed by atoms with Crippen molar-refractivity contribution in [2.24, 2.45) is 0 Å². The van der Waals surface area contributed by atoms with Gasteiger partial charge in [-0.15, -0.1) is 11.3 Å². The van der Waals surface area contributed by atoms with Crippen LogP contribution in [0, 0.1) is 0 Å². The highest BCUT2D eigenvalue weighted by Gasteiger charge is 2.21. The summed E-state index contributed by atoms with van der Waals surface area (Å²) in [7, 11) is 0. The van der Waals surface area contributed by atoms with Crippen LogP contribution in [0.5, 0.6) is 0 Å². The van der Waals surface area contributed by atoms with Crippen LogP contribution in [0.1, 0.15) is 36.6 Å². The zero-order valence-corrected chi connectivity index (χ0v) is 13.4. The highest BCUT2D eigenvalue weighted by molar-refractivity contribution is 7.14. The van der Waals surface area contributed by atoms with Crippen molar-refractivity contribution in [1.82, 2.24) is 4.98 Å². The van der Waals surface area contributed by atoms with Crippen LogP contribution in [0.15, 0.2) is 29.2 Å². The van der Waals surface area contributed by atoms with Gasteiger partial charge in [0.05, 0.1) is 5.69 Å². The molecule has 1 heterocycles. The number of carbonyl (C=O) groups is 1. The van der Waals surface area contributed by atoms with E-state index >= 15 is 0 Å². The summed E-state index contributed by atoms with van der Waals surface area (Å²) in [6.07, 6.45) is 2.48. The number of carbonyl (C=O) groups excluding carboxylic acids is 1. The van der Waals surface area contributed by atoms with Crippen LogP contribution in [-0.4, -0.2) is 10.9 Å². The maximum Gasteiger partial charge on any atom is 0.253 e. The number of nitrogens with one attached hydrogen (secondary N) is 1. The zero-order chi connectivity index (χ0) is 15.0. The molecular formula is C16H15ClN2OS. The molecule has 21 heavy (non-hydrogen) atoms. The summed E-state index contributed by atoms with van der Waals surface area (Å²) in [5.41, 5.74) is 3.77. The zero-order valence-electron chi connectivity index (χ0n) is 11.8. The Morgan fingerprint density at radius 1 is 1.43 bits per heavy atom. The maximum absolute atomic E-state index is 12.3. The summed E-state index contributed by atoms with van der Waals surface area (Å²) in [5, 5.41) is 6.18. The Labute approximate surface area is 132 Å². The highest BCUT2D eigenvalue weighted by Crippen LogP contribution is 2.31. The quantitative estimate of drug-likeness (QED) is 0.905. The normalized spacial score (nSPS) is 13.2. The SMILES string of the molecule is CC(C)c1csc(NC(=O)C2=Cc3c(Cl)cccc3C2)n1. The molecule has 0 saturated carbocycles. The van der Waals surface area contributed by atoms with Gasteiger partial charge in [-0.3, -0.25) is 10.1 Å². The van der Waals surface area contributed by atoms with Crippen molar-refractivity contribution in [2.45, 2.75) is 26.2 Å². The molecule has 1 N–H and O–H groups in total. The van der Waals surface area contributed by atoms with Gasteiger partial charge in [0.2, 0.25) is 0 Å². The number of benzene rings is 1. The summed E-state index contributed by atoms with van der Waals surface area (Å²) in [6, 6.07) is 5.75. The van der Waals surface area contributed by atoms with Crippen LogP contribution in [-0.2, 0) is 11.2 Å². The van der Waals surface area contributed by atoms with Gasteiger partial charge in [-0.2, -0.15) is 0 Å². The summed E-state index contributed by atoms with van der Waals surface area (Å²) in [6.45, 7) is 4.16. The van der Waals surface area contributed by atoms with E-state index < -0.39 is 0 Å². The van der Waals surface area contributed by atoms with E-state index in [0.29, 0.717) is 22.5 Å². The Morgan fingerprint density at radius 3 is 2.90 bits per heavy atom. The topological polar surface area (TPSA) is 42.0 Å². The van der Waals surface area contributed by atoms with Gasteiger partial charge in [-0.25, -0.2) is 4.98 Å². The van der Waals surface area contributed by atoms with E-state index in [1.54, 1.807) is 0 Å². The summed E-state index contributed by atoms with van der Waals surface area (Å²) in [4.78, 5) is 16.7. The Bertz CT molecular complexity index is 734. The van der Waals surface area contributed by atoms with E-state index in [4.69, 9.17) is 11.6 Å². The molecule has 1 aliphatic carbocycles. The number of hydrogen-bond donors (Lipinski definition) is 1. The van der Waals surface area contributed by atoms with Crippen LogP contribution in [0.25, 0.3) is 6.08 Å². The minimum absolute atomic E-state index is 0.105. The van der Waals surface area contributed by atoms with Crippen molar-refractivity contribution in [3.8, 4) is 0 Å². The number of halogens is 1. The van der Waals surface area contributed by atoms with Gasteiger partial charge in [-0.05, 0) is 29.2 Å². The van der Waals surface area contributed by atoms with E-state index in [1.165, 1.54) is 11.3 Å². The molecule has 0 fully saturated rings. The molecular weight excluding hydrogens is 304 g/mol. The Morgan fingerprint density at radius 2 is 2.24 bits per heavy atom. The number of thiazole rings is 1. The van der Waals surface area contributed by atoms with Crippen LogP contribution < -0.4 is 5.32 Å². The standard InChI is InChI=1S/C16H15ClN2OS/c1-9(2)14-8-21-16(18-14)19-15(20)11-6-10-4-3-5-13(17)12(10)7-11/h3-5,7-9H,6H2,1-2H3,(H,18,19,20). The predicted octanol–water partition coefficient (Wildman–Crippen LogP) is 4.50. The maximum atomic E-state index is 12.3. The second-order valence-corrected chi connectivity index (χ2v) is 6.61. The number of fused-ring (bicyclic) bond motifs is 1. The molecule has 3 nitrogen and oxygen atoms in total. The van der Waals surface area contributed by atoms with Crippen molar-refractivity contribution < 1.29 is 4.79 Å². The monoisotopic (exact) mass is 318 g/mol. The minimum atomic E-state index is -0.105. The third-order valence-electron chi connectivity index (χ3n) is 3.47. The lowest BCUT2D eigenvalue weighted by atomic mass is 10.1. The van der Waals surface area contributed by atoms with Gasteiger partial charge in [0.1, 0.15) is 0 Å². The molecule has 0 saturated heterocycles. The predicted molar refractivity (Wildman–Crippen MR) is 88.0 cm³/mol. The van der Waals surface area contributed by atoms with Gasteiger partial charge >= 0.3 is 0 Å². The van der Waals surface area contributed by atoms with Gasteiger partial charge in [-0.1, -0.05) is 37.6 Å². The van der Waals surface area contributed by atoms with Crippen LogP contribution >= 0.6 is 22.9 Å². The third kappa shape index (κ3) is 2.87. The molecule has 1 aliphatic rings. The third-order valence-corrected chi connectivity index (χ3v) is 4.57. The fourth-order valence-corrected chi connectivity index (χ4v) is 3.38. The molecule has 0 unspecified atom stereocenters. The Hall–Kier alpha value is -1.65. The van der Waals surface area contributed by atoms with Crippen molar-refractivity contribution in [3.63, 3.8) is 0 Å². The fraction of sp³-hybridized carbons (Fsp3) is 0.250. The smallest absolute Gasteiger partial charge is 0.253 e.